The van der Waals surface area contributed by atoms with Crippen molar-refractivity contribution in [2.24, 2.45) is 10.7 Å². The van der Waals surface area contributed by atoms with Gasteiger partial charge in [-0.1, -0.05) is 17.7 Å². The summed E-state index contributed by atoms with van der Waals surface area (Å²) in [6.45, 7) is 6.15. The summed E-state index contributed by atoms with van der Waals surface area (Å²) in [6.07, 6.45) is 0. The predicted octanol–water partition coefficient (Wildman–Crippen LogP) is 2.85. The van der Waals surface area contributed by atoms with Gasteiger partial charge in [0.1, 0.15) is 5.84 Å². The molecule has 0 atom stereocenters. The van der Waals surface area contributed by atoms with Gasteiger partial charge in [0.25, 0.3) is 0 Å². The van der Waals surface area contributed by atoms with E-state index in [0.717, 1.165) is 11.6 Å². The van der Waals surface area contributed by atoms with Gasteiger partial charge in [0.15, 0.2) is 0 Å². The molecule has 0 amide bonds. The summed E-state index contributed by atoms with van der Waals surface area (Å²) in [4.78, 5) is 5.52. The van der Waals surface area contributed by atoms with Crippen LogP contribution in [0.25, 0.3) is 0 Å². The van der Waals surface area contributed by atoms with Crippen LogP contribution in [0, 0.1) is 6.92 Å². The molecule has 1 aromatic rings. The Kier molecular flexibility index (Phi) is 4.69. The summed E-state index contributed by atoms with van der Waals surface area (Å²) >= 11 is 1.72. The van der Waals surface area contributed by atoms with Crippen LogP contribution < -0.4 is 5.73 Å². The van der Waals surface area contributed by atoms with Crippen LogP contribution in [0.4, 0.5) is 0 Å². The number of hydrogen-bond acceptors (Lipinski definition) is 2. The van der Waals surface area contributed by atoms with E-state index < -0.39 is 0 Å². The van der Waals surface area contributed by atoms with E-state index in [0.29, 0.717) is 0 Å². The van der Waals surface area contributed by atoms with Crippen molar-refractivity contribution in [1.29, 1.82) is 0 Å². The highest BCUT2D eigenvalue weighted by Crippen LogP contribution is 2.17. The molecule has 0 heterocycles. The third kappa shape index (κ3) is 4.88. The second kappa shape index (κ2) is 5.81. The van der Waals surface area contributed by atoms with Gasteiger partial charge in [0, 0.05) is 10.9 Å². The number of nitrogens with zero attached hydrogens (tertiary/aromatic N) is 1. The van der Waals surface area contributed by atoms with Gasteiger partial charge in [-0.05, 0) is 32.9 Å². The molecule has 2 N–H and O–H groups in total. The van der Waals surface area contributed by atoms with Gasteiger partial charge in [-0.3, -0.25) is 4.99 Å². The number of aliphatic imine (C=N–C) groups is 1. The minimum absolute atomic E-state index is 0.281. The average Bonchev–Trinajstić information content (AvgIpc) is 2.16. The number of amidine groups is 1. The lowest BCUT2D eigenvalue weighted by Gasteiger charge is -2.03. The first-order valence-corrected chi connectivity index (χ1v) is 6.08. The molecular formula is C12H18N2S. The Morgan fingerprint density at radius 3 is 2.47 bits per heavy atom. The fourth-order valence-electron chi connectivity index (χ4n) is 1.16. The van der Waals surface area contributed by atoms with Crippen molar-refractivity contribution in [3.05, 3.63) is 29.8 Å². The van der Waals surface area contributed by atoms with Crippen LogP contribution in [0.1, 0.15) is 19.4 Å². The van der Waals surface area contributed by atoms with Crippen molar-refractivity contribution in [1.82, 2.24) is 0 Å². The maximum absolute atomic E-state index is 5.78. The molecule has 3 heteroatoms. The van der Waals surface area contributed by atoms with Gasteiger partial charge in [-0.15, -0.1) is 11.8 Å². The minimum Gasteiger partial charge on any atom is -0.387 e. The average molecular weight is 222 g/mol. The first kappa shape index (κ1) is 12.1. The third-order valence-corrected chi connectivity index (χ3v) is 2.88. The van der Waals surface area contributed by atoms with E-state index in [1.807, 2.05) is 13.8 Å². The second-order valence-electron chi connectivity index (χ2n) is 3.82. The lowest BCUT2D eigenvalue weighted by Crippen LogP contribution is -2.16. The zero-order chi connectivity index (χ0) is 11.3. The topological polar surface area (TPSA) is 38.4 Å². The van der Waals surface area contributed by atoms with Crippen LogP contribution in [0.5, 0.6) is 0 Å². The summed E-state index contributed by atoms with van der Waals surface area (Å²) in [6, 6.07) is 8.73. The van der Waals surface area contributed by atoms with E-state index >= 15 is 0 Å². The van der Waals surface area contributed by atoms with Gasteiger partial charge in [-0.25, -0.2) is 0 Å². The molecule has 1 aromatic carbocycles. The number of hydrogen-bond donors (Lipinski definition) is 1. The highest BCUT2D eigenvalue weighted by molar-refractivity contribution is 8.00. The molecule has 1 rings (SSSR count). The summed E-state index contributed by atoms with van der Waals surface area (Å²) in [5.41, 5.74) is 7.06. The normalized spacial score (nSPS) is 12.1. The van der Waals surface area contributed by atoms with Crippen LogP contribution in [0.3, 0.4) is 0 Å². The molecule has 0 aliphatic rings. The Balaban J connectivity index is 2.47. The molecule has 0 spiro atoms. The van der Waals surface area contributed by atoms with Crippen molar-refractivity contribution in [3.8, 4) is 0 Å². The highest BCUT2D eigenvalue weighted by atomic mass is 32.2. The van der Waals surface area contributed by atoms with E-state index in [-0.39, 0.29) is 6.04 Å². The molecule has 0 aliphatic carbocycles. The van der Waals surface area contributed by atoms with Crippen LogP contribution in [0.15, 0.2) is 34.2 Å². The van der Waals surface area contributed by atoms with Crippen LogP contribution in [0.2, 0.25) is 0 Å². The van der Waals surface area contributed by atoms with E-state index in [4.69, 9.17) is 5.73 Å². The molecule has 0 bridgehead atoms. The molecule has 15 heavy (non-hydrogen) atoms. The molecule has 0 aliphatic heterocycles. The smallest absolute Gasteiger partial charge is 0.104 e. The second-order valence-corrected chi connectivity index (χ2v) is 4.86. The highest BCUT2D eigenvalue weighted by Gasteiger charge is 1.97. The van der Waals surface area contributed by atoms with Gasteiger partial charge in [0.2, 0.25) is 0 Å². The van der Waals surface area contributed by atoms with E-state index in [1.54, 1.807) is 11.8 Å². The fourth-order valence-corrected chi connectivity index (χ4v) is 1.88. The minimum atomic E-state index is 0.281. The first-order valence-electron chi connectivity index (χ1n) is 5.09. The van der Waals surface area contributed by atoms with Gasteiger partial charge >= 0.3 is 0 Å². The standard InChI is InChI=1S/C12H18N2S/c1-9(2)14-12(13)8-15-11-6-4-10(3)5-7-11/h4-7,9H,8H2,1-3H3,(H2,13,14). The molecule has 0 unspecified atom stereocenters. The number of aryl methyl sites for hydroxylation is 1. The largest absolute Gasteiger partial charge is 0.387 e. The van der Waals surface area contributed by atoms with Gasteiger partial charge in [0.05, 0.1) is 5.75 Å². The fraction of sp³-hybridized carbons (Fsp3) is 0.417. The molecular weight excluding hydrogens is 204 g/mol. The summed E-state index contributed by atoms with van der Waals surface area (Å²) < 4.78 is 0. The monoisotopic (exact) mass is 222 g/mol. The zero-order valence-electron chi connectivity index (χ0n) is 9.53. The lowest BCUT2D eigenvalue weighted by atomic mass is 10.2. The molecule has 0 saturated heterocycles. The van der Waals surface area contributed by atoms with Gasteiger partial charge < -0.3 is 5.73 Å². The Hall–Kier alpha value is -0.960. The number of nitrogens with two attached hydrogens (primary N) is 1. The number of thioether (sulfide) groups is 1. The van der Waals surface area contributed by atoms with E-state index in [9.17, 15) is 0 Å². The van der Waals surface area contributed by atoms with E-state index in [2.05, 4.69) is 36.2 Å². The van der Waals surface area contributed by atoms with Crippen LogP contribution in [-0.2, 0) is 0 Å². The molecule has 0 aromatic heterocycles. The quantitative estimate of drug-likeness (QED) is 0.483. The maximum atomic E-state index is 5.78. The number of rotatable bonds is 4. The zero-order valence-corrected chi connectivity index (χ0v) is 10.3. The molecule has 82 valence electrons. The van der Waals surface area contributed by atoms with Crippen molar-refractivity contribution >= 4 is 17.6 Å². The Morgan fingerprint density at radius 2 is 1.93 bits per heavy atom. The summed E-state index contributed by atoms with van der Waals surface area (Å²) in [5.74, 6) is 1.48. The van der Waals surface area contributed by atoms with Crippen molar-refractivity contribution in [3.63, 3.8) is 0 Å². The lowest BCUT2D eigenvalue weighted by molar-refractivity contribution is 0.833. The first-order chi connectivity index (χ1) is 7.08. The van der Waals surface area contributed by atoms with E-state index in [1.165, 1.54) is 10.5 Å². The van der Waals surface area contributed by atoms with Crippen molar-refractivity contribution < 1.29 is 0 Å². The summed E-state index contributed by atoms with van der Waals surface area (Å²) in [7, 11) is 0. The molecule has 0 fully saturated rings. The third-order valence-electron chi connectivity index (χ3n) is 1.83. The molecule has 0 radical (unpaired) electrons. The Bertz CT molecular complexity index is 328. The molecule has 2 nitrogen and oxygen atoms in total. The summed E-state index contributed by atoms with van der Waals surface area (Å²) in [5, 5.41) is 0. The maximum Gasteiger partial charge on any atom is 0.104 e. The SMILES string of the molecule is Cc1ccc(SCC(N)=NC(C)C)cc1. The Morgan fingerprint density at radius 1 is 1.33 bits per heavy atom. The van der Waals surface area contributed by atoms with Gasteiger partial charge in [-0.2, -0.15) is 0 Å². The van der Waals surface area contributed by atoms with Crippen LogP contribution in [-0.4, -0.2) is 17.6 Å². The predicted molar refractivity (Wildman–Crippen MR) is 68.7 cm³/mol. The van der Waals surface area contributed by atoms with Crippen molar-refractivity contribution in [2.45, 2.75) is 31.7 Å². The molecule has 0 saturated carbocycles. The Labute approximate surface area is 96.0 Å². The number of benzene rings is 1. The van der Waals surface area contributed by atoms with Crippen LogP contribution >= 0.6 is 11.8 Å². The van der Waals surface area contributed by atoms with Crippen molar-refractivity contribution in [2.75, 3.05) is 5.75 Å².